The number of non-ortho nitro benzene ring substituents is 1. The van der Waals surface area contributed by atoms with Crippen LogP contribution in [-0.4, -0.2) is 31.2 Å². The third-order valence-corrected chi connectivity index (χ3v) is 4.78. The second-order valence-corrected chi connectivity index (χ2v) is 6.14. The fourth-order valence-electron chi connectivity index (χ4n) is 3.65. The lowest BCUT2D eigenvalue weighted by molar-refractivity contribution is -0.384. The van der Waals surface area contributed by atoms with Gasteiger partial charge in [0.25, 0.3) is 5.69 Å². The van der Waals surface area contributed by atoms with E-state index in [0.717, 1.165) is 38.0 Å². The largest absolute Gasteiger partial charge is 0.496 e. The van der Waals surface area contributed by atoms with Gasteiger partial charge in [0.2, 0.25) is 0 Å². The maximum Gasteiger partial charge on any atom is 0.275 e. The van der Waals surface area contributed by atoms with Crippen LogP contribution in [-0.2, 0) is 0 Å². The highest BCUT2D eigenvalue weighted by molar-refractivity contribution is 5.58. The number of anilines is 1. The highest BCUT2D eigenvalue weighted by Crippen LogP contribution is 2.39. The van der Waals surface area contributed by atoms with Gasteiger partial charge in [-0.3, -0.25) is 10.1 Å². The number of fused-ring (bicyclic) bond motifs is 1. The molecule has 1 saturated carbocycles. The highest BCUT2D eigenvalue weighted by atomic mass is 16.6. The Hall–Kier alpha value is -1.82. The number of methoxy groups -OCH3 is 1. The third-order valence-electron chi connectivity index (χ3n) is 4.78. The molecule has 3 rings (SSSR count). The first-order valence-corrected chi connectivity index (χ1v) is 7.41. The van der Waals surface area contributed by atoms with Gasteiger partial charge in [0.15, 0.2) is 0 Å². The van der Waals surface area contributed by atoms with Gasteiger partial charge in [-0.15, -0.1) is 0 Å². The van der Waals surface area contributed by atoms with E-state index in [9.17, 15) is 10.1 Å². The molecule has 21 heavy (non-hydrogen) atoms. The van der Waals surface area contributed by atoms with Crippen LogP contribution in [0.2, 0.25) is 0 Å². The lowest BCUT2D eigenvalue weighted by Gasteiger charge is -2.27. The first-order valence-electron chi connectivity index (χ1n) is 7.41. The van der Waals surface area contributed by atoms with Gasteiger partial charge in [-0.05, 0) is 31.1 Å². The van der Waals surface area contributed by atoms with E-state index in [1.54, 1.807) is 6.07 Å². The molecule has 0 radical (unpaired) electrons. The second kappa shape index (κ2) is 5.52. The normalized spacial score (nSPS) is 28.3. The smallest absolute Gasteiger partial charge is 0.275 e. The standard InChI is InChI=1S/C15H21N3O3/c1-21-15-6-13(5-14(7-15)18(19)20)17-8-10-2-3-12(16)4-11(10)9-17/h5-7,10-12H,2-4,8-9,16H2,1H3/t10-,11+,12?/m1/s1. The average Bonchev–Trinajstić information content (AvgIpc) is 2.89. The molecule has 1 aliphatic heterocycles. The summed E-state index contributed by atoms with van der Waals surface area (Å²) in [5.74, 6) is 1.81. The topological polar surface area (TPSA) is 81.6 Å². The number of hydrogen-bond donors (Lipinski definition) is 1. The highest BCUT2D eigenvalue weighted by Gasteiger charge is 2.37. The minimum atomic E-state index is -0.370. The van der Waals surface area contributed by atoms with E-state index in [-0.39, 0.29) is 10.6 Å². The molecule has 6 nitrogen and oxygen atoms in total. The van der Waals surface area contributed by atoms with E-state index in [2.05, 4.69) is 4.90 Å². The van der Waals surface area contributed by atoms with E-state index in [4.69, 9.17) is 10.5 Å². The molecule has 2 fully saturated rings. The van der Waals surface area contributed by atoms with E-state index >= 15 is 0 Å². The van der Waals surface area contributed by atoms with Crippen molar-refractivity contribution in [2.24, 2.45) is 17.6 Å². The summed E-state index contributed by atoms with van der Waals surface area (Å²) in [5, 5.41) is 11.0. The predicted octanol–water partition coefficient (Wildman–Crippen LogP) is 2.17. The molecule has 114 valence electrons. The predicted molar refractivity (Wildman–Crippen MR) is 80.7 cm³/mol. The Morgan fingerprint density at radius 2 is 2.05 bits per heavy atom. The number of hydrogen-bond acceptors (Lipinski definition) is 5. The van der Waals surface area contributed by atoms with Crippen molar-refractivity contribution in [3.8, 4) is 5.75 Å². The molecule has 0 amide bonds. The SMILES string of the molecule is COc1cc(N2C[C@H]3CCC(N)C[C@H]3C2)cc([N+](=O)[O-])c1. The molecule has 6 heteroatoms. The van der Waals surface area contributed by atoms with Crippen molar-refractivity contribution in [2.75, 3.05) is 25.1 Å². The summed E-state index contributed by atoms with van der Waals surface area (Å²) in [6, 6.07) is 5.29. The Bertz CT molecular complexity index is 549. The molecular weight excluding hydrogens is 270 g/mol. The Balaban J connectivity index is 1.84. The van der Waals surface area contributed by atoms with Crippen LogP contribution in [0.5, 0.6) is 5.75 Å². The van der Waals surface area contributed by atoms with E-state index in [1.165, 1.54) is 13.2 Å². The lowest BCUT2D eigenvalue weighted by atomic mass is 9.79. The number of rotatable bonds is 3. The van der Waals surface area contributed by atoms with Crippen molar-refractivity contribution in [2.45, 2.75) is 25.3 Å². The van der Waals surface area contributed by atoms with Crippen LogP contribution in [0.4, 0.5) is 11.4 Å². The minimum absolute atomic E-state index is 0.0796. The number of nitro benzene ring substituents is 1. The number of benzene rings is 1. The van der Waals surface area contributed by atoms with Crippen LogP contribution in [0.25, 0.3) is 0 Å². The van der Waals surface area contributed by atoms with Gasteiger partial charge in [-0.2, -0.15) is 0 Å². The van der Waals surface area contributed by atoms with E-state index < -0.39 is 0 Å². The van der Waals surface area contributed by atoms with Crippen LogP contribution in [0.3, 0.4) is 0 Å². The second-order valence-electron chi connectivity index (χ2n) is 6.14. The van der Waals surface area contributed by atoms with Crippen molar-refractivity contribution in [1.29, 1.82) is 0 Å². The van der Waals surface area contributed by atoms with Gasteiger partial charge in [0.05, 0.1) is 18.1 Å². The summed E-state index contributed by atoms with van der Waals surface area (Å²) in [7, 11) is 1.53. The van der Waals surface area contributed by atoms with E-state index in [1.807, 2.05) is 6.07 Å². The summed E-state index contributed by atoms with van der Waals surface area (Å²) < 4.78 is 5.19. The quantitative estimate of drug-likeness (QED) is 0.681. The Kier molecular flexibility index (Phi) is 3.71. The van der Waals surface area contributed by atoms with Gasteiger partial charge in [0, 0.05) is 37.0 Å². The van der Waals surface area contributed by atoms with Gasteiger partial charge >= 0.3 is 0 Å². The summed E-state index contributed by atoms with van der Waals surface area (Å²) in [6.07, 6.45) is 3.31. The number of nitrogens with zero attached hydrogens (tertiary/aromatic N) is 2. The third kappa shape index (κ3) is 2.81. The molecular formula is C15H21N3O3. The zero-order chi connectivity index (χ0) is 15.0. The van der Waals surface area contributed by atoms with Crippen LogP contribution in [0.15, 0.2) is 18.2 Å². The van der Waals surface area contributed by atoms with Gasteiger partial charge in [-0.1, -0.05) is 0 Å². The molecule has 1 saturated heterocycles. The Labute approximate surface area is 124 Å². The van der Waals surface area contributed by atoms with Crippen molar-refractivity contribution in [3.63, 3.8) is 0 Å². The van der Waals surface area contributed by atoms with Crippen LogP contribution >= 0.6 is 0 Å². The molecule has 2 N–H and O–H groups in total. The maximum atomic E-state index is 11.0. The van der Waals surface area contributed by atoms with Crippen molar-refractivity contribution in [3.05, 3.63) is 28.3 Å². The first-order chi connectivity index (χ1) is 10.1. The molecule has 3 atom stereocenters. The monoisotopic (exact) mass is 291 g/mol. The first kappa shape index (κ1) is 14.1. The van der Waals surface area contributed by atoms with Crippen LogP contribution < -0.4 is 15.4 Å². The summed E-state index contributed by atoms with van der Waals surface area (Å²) >= 11 is 0. The molecule has 0 spiro atoms. The van der Waals surface area contributed by atoms with Gasteiger partial charge in [-0.25, -0.2) is 0 Å². The Morgan fingerprint density at radius 1 is 1.29 bits per heavy atom. The fraction of sp³-hybridized carbons (Fsp3) is 0.600. The van der Waals surface area contributed by atoms with Crippen LogP contribution in [0.1, 0.15) is 19.3 Å². The zero-order valence-electron chi connectivity index (χ0n) is 12.2. The zero-order valence-corrected chi connectivity index (χ0v) is 12.2. The molecule has 1 aromatic carbocycles. The molecule has 2 aliphatic rings. The van der Waals surface area contributed by atoms with E-state index in [0.29, 0.717) is 23.6 Å². The maximum absolute atomic E-state index is 11.0. The van der Waals surface area contributed by atoms with Crippen LogP contribution in [0, 0.1) is 22.0 Å². The molecule has 1 unspecified atom stereocenters. The molecule has 1 aromatic rings. The lowest BCUT2D eigenvalue weighted by Crippen LogP contribution is -2.32. The average molecular weight is 291 g/mol. The minimum Gasteiger partial charge on any atom is -0.496 e. The summed E-state index contributed by atoms with van der Waals surface area (Å²) in [4.78, 5) is 12.9. The number of nitrogens with two attached hydrogens (primary N) is 1. The van der Waals surface area contributed by atoms with Gasteiger partial charge < -0.3 is 15.4 Å². The van der Waals surface area contributed by atoms with Crippen molar-refractivity contribution < 1.29 is 9.66 Å². The molecule has 1 aliphatic carbocycles. The Morgan fingerprint density at radius 3 is 2.76 bits per heavy atom. The molecule has 1 heterocycles. The summed E-state index contributed by atoms with van der Waals surface area (Å²) in [6.45, 7) is 1.89. The van der Waals surface area contributed by atoms with Gasteiger partial charge in [0.1, 0.15) is 5.75 Å². The number of nitro groups is 1. The molecule has 0 aromatic heterocycles. The van der Waals surface area contributed by atoms with Crippen molar-refractivity contribution >= 4 is 11.4 Å². The molecule has 0 bridgehead atoms. The summed E-state index contributed by atoms with van der Waals surface area (Å²) in [5.41, 5.74) is 7.01. The number of ether oxygens (including phenoxy) is 1. The fourth-order valence-corrected chi connectivity index (χ4v) is 3.65. The van der Waals surface area contributed by atoms with Crippen molar-refractivity contribution in [1.82, 2.24) is 0 Å².